The third-order valence-corrected chi connectivity index (χ3v) is 5.13. The van der Waals surface area contributed by atoms with Crippen LogP contribution in [0.15, 0.2) is 49.3 Å². The van der Waals surface area contributed by atoms with Gasteiger partial charge < -0.3 is 10.2 Å². The molecule has 0 unspecified atom stereocenters. The maximum Gasteiger partial charge on any atom is 0.246 e. The molecule has 3 aromatic heterocycles. The van der Waals surface area contributed by atoms with E-state index in [1.807, 2.05) is 30.2 Å². The van der Waals surface area contributed by atoms with Gasteiger partial charge in [0.05, 0.1) is 11.9 Å². The van der Waals surface area contributed by atoms with Gasteiger partial charge in [0.2, 0.25) is 5.91 Å². The molecule has 0 radical (unpaired) electrons. The van der Waals surface area contributed by atoms with Gasteiger partial charge in [0.25, 0.3) is 0 Å². The Kier molecular flexibility index (Phi) is 6.07. The number of rotatable bonds is 6. The molecule has 0 aromatic carbocycles. The fourth-order valence-electron chi connectivity index (χ4n) is 3.61. The largest absolute Gasteiger partial charge is 0.339 e. The summed E-state index contributed by atoms with van der Waals surface area (Å²) in [5.74, 6) is 1.72. The molecule has 0 bridgehead atoms. The molecule has 1 N–H and O–H groups in total. The Balaban J connectivity index is 1.36. The van der Waals surface area contributed by atoms with Crippen molar-refractivity contribution in [2.75, 3.05) is 18.4 Å². The first kappa shape index (κ1) is 19.7. The number of anilines is 2. The van der Waals surface area contributed by atoms with Crippen molar-refractivity contribution in [2.24, 2.45) is 13.0 Å². The van der Waals surface area contributed by atoms with Crippen LogP contribution in [0.4, 0.5) is 11.6 Å². The number of nitrogens with one attached hydrogen (secondary N) is 1. The lowest BCUT2D eigenvalue weighted by Crippen LogP contribution is -2.39. The molecule has 1 aliphatic rings. The van der Waals surface area contributed by atoms with Crippen molar-refractivity contribution in [3.8, 4) is 0 Å². The Morgan fingerprint density at radius 2 is 2.17 bits per heavy atom. The molecule has 9 nitrogen and oxygen atoms in total. The molecule has 154 valence electrons. The number of amides is 1. The SMILES string of the molecule is Cn1nccc1/C=C/C(=O)N1CCC[C@H](Cc2cc(Nc3cnccn3)ncn2)C1. The molecule has 3 aromatic rings. The van der Waals surface area contributed by atoms with Gasteiger partial charge in [-0.1, -0.05) is 0 Å². The van der Waals surface area contributed by atoms with Gasteiger partial charge in [0, 0.05) is 56.6 Å². The summed E-state index contributed by atoms with van der Waals surface area (Å²) in [6.07, 6.45) is 14.5. The van der Waals surface area contributed by atoms with Gasteiger partial charge in [0.15, 0.2) is 0 Å². The van der Waals surface area contributed by atoms with Crippen LogP contribution in [0.5, 0.6) is 0 Å². The first-order valence-electron chi connectivity index (χ1n) is 9.96. The number of nitrogens with zero attached hydrogens (tertiary/aromatic N) is 7. The van der Waals surface area contributed by atoms with Crippen molar-refractivity contribution in [2.45, 2.75) is 19.3 Å². The van der Waals surface area contributed by atoms with E-state index < -0.39 is 0 Å². The summed E-state index contributed by atoms with van der Waals surface area (Å²) in [4.78, 5) is 31.4. The zero-order valence-electron chi connectivity index (χ0n) is 16.8. The van der Waals surface area contributed by atoms with E-state index in [0.29, 0.717) is 17.6 Å². The number of hydrogen-bond donors (Lipinski definition) is 1. The van der Waals surface area contributed by atoms with E-state index in [0.717, 1.165) is 43.7 Å². The normalized spacial score (nSPS) is 16.7. The van der Waals surface area contributed by atoms with Crippen LogP contribution < -0.4 is 5.32 Å². The average Bonchev–Trinajstić information content (AvgIpc) is 3.18. The van der Waals surface area contributed by atoms with Crippen LogP contribution in [-0.2, 0) is 18.3 Å². The highest BCUT2D eigenvalue weighted by molar-refractivity contribution is 5.91. The van der Waals surface area contributed by atoms with E-state index in [1.54, 1.807) is 41.9 Å². The third-order valence-electron chi connectivity index (χ3n) is 5.13. The van der Waals surface area contributed by atoms with Crippen LogP contribution in [-0.4, -0.2) is 53.6 Å². The summed E-state index contributed by atoms with van der Waals surface area (Å²) in [7, 11) is 1.86. The quantitative estimate of drug-likeness (QED) is 0.629. The molecular weight excluding hydrogens is 380 g/mol. The molecule has 1 saturated heterocycles. The van der Waals surface area contributed by atoms with E-state index >= 15 is 0 Å². The number of aryl methyl sites for hydroxylation is 1. The Morgan fingerprint density at radius 1 is 1.23 bits per heavy atom. The molecule has 4 heterocycles. The van der Waals surface area contributed by atoms with Gasteiger partial charge in [0.1, 0.15) is 18.0 Å². The summed E-state index contributed by atoms with van der Waals surface area (Å²) < 4.78 is 1.74. The molecule has 0 aliphatic carbocycles. The second-order valence-corrected chi connectivity index (χ2v) is 7.32. The summed E-state index contributed by atoms with van der Waals surface area (Å²) in [6, 6.07) is 3.81. The number of hydrogen-bond acceptors (Lipinski definition) is 7. The summed E-state index contributed by atoms with van der Waals surface area (Å²) in [5.41, 5.74) is 1.85. The van der Waals surface area contributed by atoms with Gasteiger partial charge >= 0.3 is 0 Å². The van der Waals surface area contributed by atoms with E-state index in [9.17, 15) is 4.79 Å². The van der Waals surface area contributed by atoms with E-state index in [4.69, 9.17) is 0 Å². The van der Waals surface area contributed by atoms with Gasteiger partial charge in [-0.05, 0) is 37.3 Å². The minimum Gasteiger partial charge on any atom is -0.339 e. The Labute approximate surface area is 174 Å². The van der Waals surface area contributed by atoms with Crippen LogP contribution in [0.25, 0.3) is 6.08 Å². The zero-order valence-corrected chi connectivity index (χ0v) is 16.8. The maximum atomic E-state index is 12.6. The average molecular weight is 404 g/mol. The first-order chi connectivity index (χ1) is 14.7. The topological polar surface area (TPSA) is 102 Å². The van der Waals surface area contributed by atoms with E-state index in [-0.39, 0.29) is 5.91 Å². The second kappa shape index (κ2) is 9.25. The minimum absolute atomic E-state index is 0.0357. The fraction of sp³-hybridized carbons (Fsp3) is 0.333. The lowest BCUT2D eigenvalue weighted by atomic mass is 9.93. The first-order valence-corrected chi connectivity index (χ1v) is 9.96. The molecule has 0 spiro atoms. The van der Waals surface area contributed by atoms with Crippen molar-refractivity contribution in [1.82, 2.24) is 34.6 Å². The summed E-state index contributed by atoms with van der Waals surface area (Å²) in [6.45, 7) is 1.51. The van der Waals surface area contributed by atoms with Crippen LogP contribution in [0.3, 0.4) is 0 Å². The van der Waals surface area contributed by atoms with Crippen molar-refractivity contribution < 1.29 is 4.79 Å². The van der Waals surface area contributed by atoms with Crippen molar-refractivity contribution in [1.29, 1.82) is 0 Å². The van der Waals surface area contributed by atoms with Crippen LogP contribution >= 0.6 is 0 Å². The molecule has 1 amide bonds. The standard InChI is InChI=1S/C21H24N8O/c1-28-18(6-7-26-28)4-5-21(30)29-10-2-3-16(14-29)11-17-12-19(25-15-24-17)27-20-13-22-8-9-23-20/h4-9,12-13,15-16H,2-3,10-11,14H2,1H3,(H,23,24,25,27)/b5-4+/t16-/m1/s1. The number of aromatic nitrogens is 6. The zero-order chi connectivity index (χ0) is 20.8. The highest BCUT2D eigenvalue weighted by Crippen LogP contribution is 2.22. The molecule has 4 rings (SSSR count). The Bertz CT molecular complexity index is 1020. The Hall–Kier alpha value is -3.62. The van der Waals surface area contributed by atoms with Gasteiger partial charge in [-0.2, -0.15) is 5.10 Å². The number of carbonyl (C=O) groups is 1. The van der Waals surface area contributed by atoms with Crippen molar-refractivity contribution >= 4 is 23.6 Å². The lowest BCUT2D eigenvalue weighted by molar-refractivity contribution is -0.127. The fourth-order valence-corrected chi connectivity index (χ4v) is 3.61. The van der Waals surface area contributed by atoms with Crippen LogP contribution in [0, 0.1) is 5.92 Å². The van der Waals surface area contributed by atoms with Crippen molar-refractivity contribution in [3.63, 3.8) is 0 Å². The lowest BCUT2D eigenvalue weighted by Gasteiger charge is -2.32. The summed E-state index contributed by atoms with van der Waals surface area (Å²) in [5, 5.41) is 7.25. The Morgan fingerprint density at radius 3 is 2.97 bits per heavy atom. The molecule has 1 aliphatic heterocycles. The van der Waals surface area contributed by atoms with Crippen LogP contribution in [0.1, 0.15) is 24.2 Å². The smallest absolute Gasteiger partial charge is 0.246 e. The van der Waals surface area contributed by atoms with E-state index in [2.05, 4.69) is 30.4 Å². The minimum atomic E-state index is 0.0357. The summed E-state index contributed by atoms with van der Waals surface area (Å²) >= 11 is 0. The highest BCUT2D eigenvalue weighted by Gasteiger charge is 2.23. The van der Waals surface area contributed by atoms with Gasteiger partial charge in [-0.15, -0.1) is 0 Å². The third kappa shape index (κ3) is 5.05. The van der Waals surface area contributed by atoms with Crippen molar-refractivity contribution in [3.05, 3.63) is 60.7 Å². The van der Waals surface area contributed by atoms with Gasteiger partial charge in [-0.3, -0.25) is 14.5 Å². The number of carbonyl (C=O) groups excluding carboxylic acids is 1. The molecule has 30 heavy (non-hydrogen) atoms. The molecule has 1 atom stereocenters. The molecular formula is C21H24N8O. The number of likely N-dealkylation sites (tertiary alicyclic amines) is 1. The highest BCUT2D eigenvalue weighted by atomic mass is 16.2. The van der Waals surface area contributed by atoms with E-state index in [1.165, 1.54) is 0 Å². The monoisotopic (exact) mass is 404 g/mol. The second-order valence-electron chi connectivity index (χ2n) is 7.32. The van der Waals surface area contributed by atoms with Crippen LogP contribution in [0.2, 0.25) is 0 Å². The maximum absolute atomic E-state index is 12.6. The number of piperidine rings is 1. The molecule has 9 heteroatoms. The molecule has 1 fully saturated rings. The molecule has 0 saturated carbocycles. The predicted octanol–water partition coefficient (Wildman–Crippen LogP) is 2.24. The van der Waals surface area contributed by atoms with Gasteiger partial charge in [-0.25, -0.2) is 15.0 Å². The predicted molar refractivity (Wildman–Crippen MR) is 113 cm³/mol.